The molecule has 0 aliphatic carbocycles. The zero-order chi connectivity index (χ0) is 23.4. The summed E-state index contributed by atoms with van der Waals surface area (Å²) >= 11 is 1.74. The van der Waals surface area contributed by atoms with Gasteiger partial charge in [0.15, 0.2) is 11.5 Å². The minimum Gasteiger partial charge on any atom is -0.492 e. The van der Waals surface area contributed by atoms with Gasteiger partial charge in [0.2, 0.25) is 11.5 Å². The molecule has 0 saturated heterocycles. The van der Waals surface area contributed by atoms with Crippen LogP contribution in [-0.2, 0) is 19.4 Å². The van der Waals surface area contributed by atoms with Crippen molar-refractivity contribution in [1.82, 2.24) is 4.90 Å². The van der Waals surface area contributed by atoms with Crippen LogP contribution in [-0.4, -0.2) is 45.2 Å². The molecule has 1 amide bonds. The number of benzene rings is 2. The van der Waals surface area contributed by atoms with E-state index in [1.54, 1.807) is 17.4 Å². The molecule has 2 N–H and O–H groups in total. The number of nitrogens with two attached hydrogens (primary N) is 1. The highest BCUT2D eigenvalue weighted by atomic mass is 35.5. The van der Waals surface area contributed by atoms with E-state index in [0.717, 1.165) is 18.4 Å². The summed E-state index contributed by atoms with van der Waals surface area (Å²) in [6.45, 7) is 1.79. The van der Waals surface area contributed by atoms with Gasteiger partial charge in [0.05, 0.1) is 26.9 Å². The van der Waals surface area contributed by atoms with Crippen LogP contribution in [0, 0.1) is 0 Å². The van der Waals surface area contributed by atoms with Crippen LogP contribution < -0.4 is 24.7 Å². The number of ether oxygens (including phenoxy) is 4. The van der Waals surface area contributed by atoms with Crippen LogP contribution in [0.2, 0.25) is 0 Å². The summed E-state index contributed by atoms with van der Waals surface area (Å²) in [7, 11) is 4.55. The molecule has 2 heterocycles. The summed E-state index contributed by atoms with van der Waals surface area (Å²) in [5.41, 5.74) is 8.31. The Hall–Kier alpha value is -2.94. The van der Waals surface area contributed by atoms with E-state index in [1.165, 1.54) is 31.8 Å². The van der Waals surface area contributed by atoms with Crippen LogP contribution in [0.25, 0.3) is 0 Å². The predicted molar refractivity (Wildman–Crippen MR) is 135 cm³/mol. The summed E-state index contributed by atoms with van der Waals surface area (Å²) in [6, 6.07) is 11.4. The summed E-state index contributed by atoms with van der Waals surface area (Å²) in [6.07, 6.45) is 1.63. The van der Waals surface area contributed by atoms with E-state index in [2.05, 4.69) is 11.4 Å². The van der Waals surface area contributed by atoms with Gasteiger partial charge in [-0.15, -0.1) is 23.7 Å². The molecule has 182 valence electrons. The number of hydrogen-bond donors (Lipinski definition) is 1. The first-order valence-corrected chi connectivity index (χ1v) is 11.6. The summed E-state index contributed by atoms with van der Waals surface area (Å²) < 4.78 is 22.9. The molecule has 0 atom stereocenters. The van der Waals surface area contributed by atoms with Gasteiger partial charge in [0.1, 0.15) is 5.75 Å². The van der Waals surface area contributed by atoms with Gasteiger partial charge in [0, 0.05) is 24.0 Å². The van der Waals surface area contributed by atoms with Gasteiger partial charge in [-0.2, -0.15) is 0 Å². The first kappa shape index (κ1) is 25.7. The van der Waals surface area contributed by atoms with Gasteiger partial charge >= 0.3 is 0 Å². The van der Waals surface area contributed by atoms with Crippen molar-refractivity contribution >= 4 is 29.7 Å². The van der Waals surface area contributed by atoms with E-state index >= 15 is 0 Å². The van der Waals surface area contributed by atoms with Gasteiger partial charge < -0.3 is 29.6 Å². The molecule has 0 radical (unpaired) electrons. The fraction of sp³-hybridized carbons (Fsp3) is 0.320. The zero-order valence-electron chi connectivity index (χ0n) is 19.5. The van der Waals surface area contributed by atoms with Crippen molar-refractivity contribution in [1.29, 1.82) is 0 Å². The molecule has 4 rings (SSSR count). The number of carbonyl (C=O) groups excluding carboxylic acids is 1. The van der Waals surface area contributed by atoms with Crippen molar-refractivity contribution in [2.75, 3.05) is 34.4 Å². The van der Waals surface area contributed by atoms with Crippen LogP contribution >= 0.6 is 23.7 Å². The number of thiophene rings is 1. The first-order chi connectivity index (χ1) is 16.1. The molecule has 34 heavy (non-hydrogen) atoms. The number of fused-ring (bicyclic) bond motifs is 1. The Labute approximate surface area is 209 Å². The van der Waals surface area contributed by atoms with E-state index < -0.39 is 0 Å². The topological polar surface area (TPSA) is 83.3 Å². The number of nitrogens with zero attached hydrogens (tertiary/aromatic N) is 1. The number of carbonyl (C=O) groups is 1. The van der Waals surface area contributed by atoms with E-state index in [4.69, 9.17) is 24.7 Å². The van der Waals surface area contributed by atoms with Crippen LogP contribution in [0.4, 0.5) is 0 Å². The Morgan fingerprint density at radius 1 is 1.03 bits per heavy atom. The molecule has 0 saturated carbocycles. The Balaban J connectivity index is 0.00000324. The Bertz CT molecular complexity index is 1130. The number of hydrogen-bond acceptors (Lipinski definition) is 7. The van der Waals surface area contributed by atoms with Gasteiger partial charge in [0.25, 0.3) is 5.91 Å². The average Bonchev–Trinajstić information content (AvgIpc) is 3.32. The van der Waals surface area contributed by atoms with Crippen LogP contribution in [0.3, 0.4) is 0 Å². The third-order valence-corrected chi connectivity index (χ3v) is 6.70. The lowest BCUT2D eigenvalue weighted by Gasteiger charge is -2.28. The molecule has 0 unspecified atom stereocenters. The van der Waals surface area contributed by atoms with E-state index in [9.17, 15) is 4.79 Å². The van der Waals surface area contributed by atoms with E-state index in [1.807, 2.05) is 29.2 Å². The Morgan fingerprint density at radius 2 is 1.74 bits per heavy atom. The van der Waals surface area contributed by atoms with E-state index in [0.29, 0.717) is 53.9 Å². The Morgan fingerprint density at radius 3 is 2.38 bits per heavy atom. The van der Waals surface area contributed by atoms with Crippen molar-refractivity contribution in [3.05, 3.63) is 63.3 Å². The standard InChI is InChI=1S/C25H28N2O5S.ClH/c1-29-22-19(25(28)27-12-9-21-17(15-27)10-13-33-21)14-20(23(30-2)24(22)31-3)32-18-6-4-16(5-7-18)8-11-26;/h4-7,10,13-14H,8-9,11-12,15,26H2,1-3H3;1H. The molecule has 0 bridgehead atoms. The SMILES string of the molecule is COc1c(Oc2ccc(CCN)cc2)cc(C(=O)N2CCc3sccc3C2)c(OC)c1OC.Cl. The predicted octanol–water partition coefficient (Wildman–Crippen LogP) is 4.69. The monoisotopic (exact) mass is 504 g/mol. The number of rotatable bonds is 8. The molecule has 1 aliphatic heterocycles. The molecule has 3 aromatic rings. The highest BCUT2D eigenvalue weighted by Crippen LogP contribution is 2.48. The van der Waals surface area contributed by atoms with Crippen molar-refractivity contribution in [3.63, 3.8) is 0 Å². The molecule has 9 heteroatoms. The largest absolute Gasteiger partial charge is 0.492 e. The molecule has 1 aliphatic rings. The summed E-state index contributed by atoms with van der Waals surface area (Å²) in [4.78, 5) is 16.7. The molecule has 0 spiro atoms. The molecule has 1 aromatic heterocycles. The van der Waals surface area contributed by atoms with Gasteiger partial charge in [-0.25, -0.2) is 0 Å². The van der Waals surface area contributed by atoms with Crippen molar-refractivity contribution in [2.24, 2.45) is 5.73 Å². The lowest BCUT2D eigenvalue weighted by Crippen LogP contribution is -2.35. The van der Waals surface area contributed by atoms with Crippen LogP contribution in [0.1, 0.15) is 26.4 Å². The maximum absolute atomic E-state index is 13.6. The lowest BCUT2D eigenvalue weighted by atomic mass is 10.1. The highest BCUT2D eigenvalue weighted by Gasteiger charge is 2.30. The minimum absolute atomic E-state index is 0. The van der Waals surface area contributed by atoms with E-state index in [-0.39, 0.29) is 18.3 Å². The summed E-state index contributed by atoms with van der Waals surface area (Å²) in [5, 5.41) is 2.07. The number of methoxy groups -OCH3 is 3. The van der Waals surface area contributed by atoms with Gasteiger partial charge in [-0.3, -0.25) is 4.79 Å². The quantitative estimate of drug-likeness (QED) is 0.479. The fourth-order valence-corrected chi connectivity index (χ4v) is 4.92. The molecular weight excluding hydrogens is 476 g/mol. The Kier molecular flexibility index (Phi) is 8.66. The minimum atomic E-state index is -0.146. The van der Waals surface area contributed by atoms with Crippen LogP contribution in [0.5, 0.6) is 28.7 Å². The molecule has 7 nitrogen and oxygen atoms in total. The van der Waals surface area contributed by atoms with Crippen molar-refractivity contribution in [2.45, 2.75) is 19.4 Å². The smallest absolute Gasteiger partial charge is 0.258 e. The second-order valence-corrected chi connectivity index (χ2v) is 8.65. The molecule has 0 fully saturated rings. The number of halogens is 1. The molecular formula is C25H29ClN2O5S. The first-order valence-electron chi connectivity index (χ1n) is 10.7. The van der Waals surface area contributed by atoms with Gasteiger partial charge in [-0.1, -0.05) is 12.1 Å². The second-order valence-electron chi connectivity index (χ2n) is 7.65. The fourth-order valence-electron chi connectivity index (χ4n) is 4.03. The van der Waals surface area contributed by atoms with Gasteiger partial charge in [-0.05, 0) is 54.1 Å². The third-order valence-electron chi connectivity index (χ3n) is 5.68. The van der Waals surface area contributed by atoms with Crippen LogP contribution in [0.15, 0.2) is 41.8 Å². The number of amides is 1. The average molecular weight is 505 g/mol. The lowest BCUT2D eigenvalue weighted by molar-refractivity contribution is 0.0731. The van der Waals surface area contributed by atoms with Crippen molar-refractivity contribution < 1.29 is 23.7 Å². The summed E-state index contributed by atoms with van der Waals surface area (Å²) in [5.74, 6) is 1.83. The maximum atomic E-state index is 13.6. The third kappa shape index (κ3) is 5.09. The normalized spacial score (nSPS) is 12.4. The second kappa shape index (κ2) is 11.5. The molecule has 2 aromatic carbocycles. The maximum Gasteiger partial charge on any atom is 0.258 e. The zero-order valence-corrected chi connectivity index (χ0v) is 21.1. The highest BCUT2D eigenvalue weighted by molar-refractivity contribution is 7.10. The van der Waals surface area contributed by atoms with Crippen molar-refractivity contribution in [3.8, 4) is 28.7 Å².